The molecule has 0 fully saturated rings. The number of nitrogens with zero attached hydrogens (tertiary/aromatic N) is 4. The number of rotatable bonds is 4. The summed E-state index contributed by atoms with van der Waals surface area (Å²) in [7, 11) is 1.63. The number of hydrogen-bond acceptors (Lipinski definition) is 3. The molecule has 0 saturated heterocycles. The minimum atomic E-state index is -0.627. The van der Waals surface area contributed by atoms with Gasteiger partial charge in [0.25, 0.3) is 5.91 Å². The topological polar surface area (TPSA) is 51.0 Å². The molecule has 3 rings (SSSR count). The van der Waals surface area contributed by atoms with Gasteiger partial charge in [0.15, 0.2) is 0 Å². The van der Waals surface area contributed by atoms with Gasteiger partial charge in [-0.1, -0.05) is 29.8 Å². The van der Waals surface area contributed by atoms with Crippen LogP contribution in [-0.4, -0.2) is 32.6 Å². The number of benzene rings is 2. The number of carbonyl (C=O) groups is 1. The van der Waals surface area contributed by atoms with Crippen LogP contribution in [0.25, 0.3) is 5.69 Å². The zero-order chi connectivity index (χ0) is 18.0. The summed E-state index contributed by atoms with van der Waals surface area (Å²) < 4.78 is 15.6. The van der Waals surface area contributed by atoms with E-state index in [9.17, 15) is 9.18 Å². The molecule has 5 nitrogen and oxygen atoms in total. The van der Waals surface area contributed by atoms with Crippen LogP contribution in [0.3, 0.4) is 0 Å². The second-order valence-corrected chi connectivity index (χ2v) is 6.03. The predicted octanol–water partition coefficient (Wildman–Crippen LogP) is 3.89. The van der Waals surface area contributed by atoms with Gasteiger partial charge in [-0.15, -0.1) is 0 Å². The molecular formula is C18H16ClFN4O. The number of carbonyl (C=O) groups excluding carboxylic acids is 1. The molecule has 0 saturated carbocycles. The van der Waals surface area contributed by atoms with Crippen molar-refractivity contribution in [3.05, 3.63) is 77.1 Å². The molecule has 1 atom stereocenters. The SMILES string of the molecule is CC(c1ccc(-n2cncn2)cc1)N(C)C(=O)c1c(F)cccc1Cl. The van der Waals surface area contributed by atoms with Crippen LogP contribution in [0.2, 0.25) is 5.02 Å². The second kappa shape index (κ2) is 7.03. The molecule has 1 amide bonds. The highest BCUT2D eigenvalue weighted by atomic mass is 35.5. The molecule has 0 aliphatic heterocycles. The largest absolute Gasteiger partial charge is 0.335 e. The van der Waals surface area contributed by atoms with E-state index in [1.807, 2.05) is 31.2 Å². The summed E-state index contributed by atoms with van der Waals surface area (Å²) in [6.45, 7) is 1.87. The Morgan fingerprint density at radius 2 is 1.96 bits per heavy atom. The molecule has 1 aromatic heterocycles. The number of aromatic nitrogens is 3. The van der Waals surface area contributed by atoms with Gasteiger partial charge < -0.3 is 4.90 Å². The molecule has 1 heterocycles. The Balaban J connectivity index is 1.82. The van der Waals surface area contributed by atoms with Crippen LogP contribution in [0.1, 0.15) is 28.9 Å². The predicted molar refractivity (Wildman–Crippen MR) is 93.3 cm³/mol. The Morgan fingerprint density at radius 1 is 1.24 bits per heavy atom. The third kappa shape index (κ3) is 3.39. The van der Waals surface area contributed by atoms with Crippen LogP contribution >= 0.6 is 11.6 Å². The lowest BCUT2D eigenvalue weighted by atomic mass is 10.1. The minimum absolute atomic E-state index is 0.102. The average molecular weight is 359 g/mol. The van der Waals surface area contributed by atoms with Gasteiger partial charge in [-0.2, -0.15) is 5.10 Å². The highest BCUT2D eigenvalue weighted by molar-refractivity contribution is 6.33. The first-order valence-electron chi connectivity index (χ1n) is 7.65. The molecule has 128 valence electrons. The van der Waals surface area contributed by atoms with Gasteiger partial charge in [0, 0.05) is 7.05 Å². The standard InChI is InChI=1S/C18H16ClFN4O/c1-12(13-6-8-14(9-7-13)24-11-21-10-22-24)23(2)18(25)17-15(19)4-3-5-16(17)20/h3-12H,1-2H3. The molecule has 3 aromatic rings. The molecule has 25 heavy (non-hydrogen) atoms. The summed E-state index contributed by atoms with van der Waals surface area (Å²) in [5.41, 5.74) is 1.66. The van der Waals surface area contributed by atoms with Crippen molar-refractivity contribution in [2.75, 3.05) is 7.05 Å². The Hall–Kier alpha value is -2.73. The summed E-state index contributed by atoms with van der Waals surface area (Å²) in [6.07, 6.45) is 3.06. The highest BCUT2D eigenvalue weighted by Gasteiger charge is 2.23. The maximum absolute atomic E-state index is 14.0. The van der Waals surface area contributed by atoms with Crippen LogP contribution in [0, 0.1) is 5.82 Å². The van der Waals surface area contributed by atoms with Crippen LogP contribution in [0.4, 0.5) is 4.39 Å². The van der Waals surface area contributed by atoms with E-state index in [2.05, 4.69) is 10.1 Å². The summed E-state index contributed by atoms with van der Waals surface area (Å²) in [5.74, 6) is -1.09. The van der Waals surface area contributed by atoms with Gasteiger partial charge in [0.05, 0.1) is 22.3 Å². The van der Waals surface area contributed by atoms with E-state index >= 15 is 0 Å². The van der Waals surface area contributed by atoms with Gasteiger partial charge in [0.2, 0.25) is 0 Å². The summed E-state index contributed by atoms with van der Waals surface area (Å²) in [4.78, 5) is 18.0. The quantitative estimate of drug-likeness (QED) is 0.711. The zero-order valence-electron chi connectivity index (χ0n) is 13.7. The van der Waals surface area contributed by atoms with E-state index in [0.717, 1.165) is 11.3 Å². The zero-order valence-corrected chi connectivity index (χ0v) is 14.5. The molecule has 2 aromatic carbocycles. The van der Waals surface area contributed by atoms with Gasteiger partial charge in [0.1, 0.15) is 18.5 Å². The van der Waals surface area contributed by atoms with E-state index in [4.69, 9.17) is 11.6 Å². The van der Waals surface area contributed by atoms with E-state index in [-0.39, 0.29) is 16.6 Å². The van der Waals surface area contributed by atoms with Gasteiger partial charge >= 0.3 is 0 Å². The maximum atomic E-state index is 14.0. The van der Waals surface area contributed by atoms with Crippen molar-refractivity contribution in [3.63, 3.8) is 0 Å². The van der Waals surface area contributed by atoms with E-state index in [0.29, 0.717) is 0 Å². The minimum Gasteiger partial charge on any atom is -0.335 e. The van der Waals surface area contributed by atoms with Crippen molar-refractivity contribution >= 4 is 17.5 Å². The van der Waals surface area contributed by atoms with Crippen LogP contribution in [0.5, 0.6) is 0 Å². The van der Waals surface area contributed by atoms with E-state index in [1.165, 1.54) is 29.4 Å². The first-order chi connectivity index (χ1) is 12.0. The van der Waals surface area contributed by atoms with Crippen LogP contribution in [-0.2, 0) is 0 Å². The van der Waals surface area contributed by atoms with Crippen molar-refractivity contribution in [3.8, 4) is 5.69 Å². The highest BCUT2D eigenvalue weighted by Crippen LogP contribution is 2.26. The molecule has 0 aliphatic rings. The van der Waals surface area contributed by atoms with Crippen molar-refractivity contribution in [1.29, 1.82) is 0 Å². The third-order valence-corrected chi connectivity index (χ3v) is 4.45. The lowest BCUT2D eigenvalue weighted by Crippen LogP contribution is -2.30. The lowest BCUT2D eigenvalue weighted by Gasteiger charge is -2.26. The molecule has 1 unspecified atom stereocenters. The maximum Gasteiger partial charge on any atom is 0.258 e. The Kier molecular flexibility index (Phi) is 4.81. The Labute approximate surface area is 149 Å². The molecule has 0 bridgehead atoms. The van der Waals surface area contributed by atoms with Gasteiger partial charge in [-0.05, 0) is 36.8 Å². The first kappa shape index (κ1) is 17.1. The molecule has 0 spiro atoms. The Morgan fingerprint density at radius 3 is 2.56 bits per heavy atom. The number of amides is 1. The fraction of sp³-hybridized carbons (Fsp3) is 0.167. The molecule has 7 heteroatoms. The monoisotopic (exact) mass is 358 g/mol. The summed E-state index contributed by atoms with van der Waals surface area (Å²) >= 11 is 5.99. The van der Waals surface area contributed by atoms with Crippen molar-refractivity contribution < 1.29 is 9.18 Å². The molecule has 0 radical (unpaired) electrons. The normalized spacial score (nSPS) is 12.0. The molecule has 0 N–H and O–H groups in total. The summed E-state index contributed by atoms with van der Waals surface area (Å²) in [6, 6.07) is 11.5. The Bertz CT molecular complexity index is 860. The van der Waals surface area contributed by atoms with Crippen molar-refractivity contribution in [1.82, 2.24) is 19.7 Å². The third-order valence-electron chi connectivity index (χ3n) is 4.14. The molecule has 0 aliphatic carbocycles. The summed E-state index contributed by atoms with van der Waals surface area (Å²) in [5, 5.41) is 4.17. The van der Waals surface area contributed by atoms with E-state index < -0.39 is 11.7 Å². The number of halogens is 2. The fourth-order valence-electron chi connectivity index (χ4n) is 2.53. The van der Waals surface area contributed by atoms with Crippen molar-refractivity contribution in [2.45, 2.75) is 13.0 Å². The number of hydrogen-bond donors (Lipinski definition) is 0. The fourth-order valence-corrected chi connectivity index (χ4v) is 2.77. The lowest BCUT2D eigenvalue weighted by molar-refractivity contribution is 0.0738. The smallest absolute Gasteiger partial charge is 0.258 e. The van der Waals surface area contributed by atoms with Crippen molar-refractivity contribution in [2.24, 2.45) is 0 Å². The first-order valence-corrected chi connectivity index (χ1v) is 8.03. The van der Waals surface area contributed by atoms with Crippen LogP contribution < -0.4 is 0 Å². The average Bonchev–Trinajstić information content (AvgIpc) is 3.15. The molecular weight excluding hydrogens is 343 g/mol. The van der Waals surface area contributed by atoms with Gasteiger partial charge in [-0.3, -0.25) is 4.79 Å². The second-order valence-electron chi connectivity index (χ2n) is 5.62. The van der Waals surface area contributed by atoms with E-state index in [1.54, 1.807) is 18.1 Å². The van der Waals surface area contributed by atoms with Gasteiger partial charge in [-0.25, -0.2) is 14.1 Å². The van der Waals surface area contributed by atoms with Crippen LogP contribution in [0.15, 0.2) is 55.1 Å².